The van der Waals surface area contributed by atoms with E-state index in [0.29, 0.717) is 5.41 Å². The van der Waals surface area contributed by atoms with E-state index >= 15 is 0 Å². The minimum absolute atomic E-state index is 0.487. The Balaban J connectivity index is 1.98. The van der Waals surface area contributed by atoms with Crippen LogP contribution in [0.25, 0.3) is 0 Å². The summed E-state index contributed by atoms with van der Waals surface area (Å²) in [5, 5.41) is 3.53. The number of rotatable bonds is 1. The summed E-state index contributed by atoms with van der Waals surface area (Å²) >= 11 is 3.49. The van der Waals surface area contributed by atoms with Crippen LogP contribution in [0.15, 0.2) is 28.7 Å². The molecule has 1 nitrogen and oxygen atoms in total. The van der Waals surface area contributed by atoms with Gasteiger partial charge in [0.25, 0.3) is 0 Å². The van der Waals surface area contributed by atoms with Crippen LogP contribution in [-0.2, 0) is 5.41 Å². The zero-order valence-electron chi connectivity index (χ0n) is 8.09. The van der Waals surface area contributed by atoms with Gasteiger partial charge in [-0.1, -0.05) is 28.1 Å². The standard InChI is InChI=1S/C12H14BrN/c13-11-3-1-9(2-4-11)12-6-5-10(12)7-14-8-12/h1-4,10,14H,5-8H2/t10-,12+/m1/s1. The van der Waals surface area contributed by atoms with E-state index in [2.05, 4.69) is 45.5 Å². The average molecular weight is 252 g/mol. The largest absolute Gasteiger partial charge is 0.316 e. The fraction of sp³-hybridized carbons (Fsp3) is 0.500. The summed E-state index contributed by atoms with van der Waals surface area (Å²) in [7, 11) is 0. The van der Waals surface area contributed by atoms with E-state index in [4.69, 9.17) is 0 Å². The van der Waals surface area contributed by atoms with Crippen molar-refractivity contribution in [2.24, 2.45) is 5.92 Å². The molecule has 1 aliphatic carbocycles. The molecule has 1 aromatic rings. The quantitative estimate of drug-likeness (QED) is 0.810. The molecule has 2 heteroatoms. The van der Waals surface area contributed by atoms with Crippen molar-refractivity contribution >= 4 is 15.9 Å². The maximum Gasteiger partial charge on any atom is 0.0175 e. The lowest BCUT2D eigenvalue weighted by Gasteiger charge is -2.44. The van der Waals surface area contributed by atoms with Crippen LogP contribution in [0.1, 0.15) is 18.4 Å². The Labute approximate surface area is 93.0 Å². The molecule has 14 heavy (non-hydrogen) atoms. The van der Waals surface area contributed by atoms with Crippen molar-refractivity contribution < 1.29 is 0 Å². The Hall–Kier alpha value is -0.340. The molecule has 0 radical (unpaired) electrons. The third-order valence-corrected chi connectivity index (χ3v) is 4.50. The van der Waals surface area contributed by atoms with Crippen LogP contribution in [-0.4, -0.2) is 13.1 Å². The zero-order valence-corrected chi connectivity index (χ0v) is 9.68. The van der Waals surface area contributed by atoms with Crippen LogP contribution in [0.2, 0.25) is 0 Å². The highest BCUT2D eigenvalue weighted by molar-refractivity contribution is 9.10. The topological polar surface area (TPSA) is 12.0 Å². The molecule has 0 spiro atoms. The van der Waals surface area contributed by atoms with Crippen molar-refractivity contribution in [3.63, 3.8) is 0 Å². The summed E-state index contributed by atoms with van der Waals surface area (Å²) in [6.45, 7) is 2.40. The Morgan fingerprint density at radius 3 is 2.64 bits per heavy atom. The van der Waals surface area contributed by atoms with Crippen molar-refractivity contribution in [2.75, 3.05) is 13.1 Å². The van der Waals surface area contributed by atoms with Crippen LogP contribution < -0.4 is 5.32 Å². The number of hydrogen-bond donors (Lipinski definition) is 1. The molecule has 0 amide bonds. The van der Waals surface area contributed by atoms with Crippen LogP contribution in [0.4, 0.5) is 0 Å². The van der Waals surface area contributed by atoms with Gasteiger partial charge in [-0.15, -0.1) is 0 Å². The Kier molecular flexibility index (Phi) is 1.96. The first-order valence-electron chi connectivity index (χ1n) is 5.28. The first kappa shape index (κ1) is 8.93. The zero-order chi connectivity index (χ0) is 9.60. The highest BCUT2D eigenvalue weighted by Gasteiger charge is 2.50. The Morgan fingerprint density at radius 2 is 2.07 bits per heavy atom. The van der Waals surface area contributed by atoms with Crippen molar-refractivity contribution in [2.45, 2.75) is 18.3 Å². The predicted molar refractivity (Wildman–Crippen MR) is 61.4 cm³/mol. The fourth-order valence-electron chi connectivity index (χ4n) is 2.96. The maximum absolute atomic E-state index is 3.53. The molecular weight excluding hydrogens is 238 g/mol. The minimum atomic E-state index is 0.487. The monoisotopic (exact) mass is 251 g/mol. The molecule has 0 bridgehead atoms. The van der Waals surface area contributed by atoms with Gasteiger partial charge in [0.2, 0.25) is 0 Å². The number of fused-ring (bicyclic) bond motifs is 1. The molecule has 74 valence electrons. The van der Waals surface area contributed by atoms with Gasteiger partial charge in [0, 0.05) is 16.4 Å². The summed E-state index contributed by atoms with van der Waals surface area (Å²) in [6, 6.07) is 8.89. The lowest BCUT2D eigenvalue weighted by Crippen LogP contribution is -2.43. The van der Waals surface area contributed by atoms with Gasteiger partial charge >= 0.3 is 0 Å². The number of halogens is 1. The summed E-state index contributed by atoms with van der Waals surface area (Å²) in [4.78, 5) is 0. The molecule has 3 rings (SSSR count). The summed E-state index contributed by atoms with van der Waals surface area (Å²) in [6.07, 6.45) is 2.77. The molecule has 0 unspecified atom stereocenters. The van der Waals surface area contributed by atoms with Gasteiger partial charge in [-0.2, -0.15) is 0 Å². The second-order valence-electron chi connectivity index (χ2n) is 4.53. The number of hydrogen-bond acceptors (Lipinski definition) is 1. The van der Waals surface area contributed by atoms with E-state index in [-0.39, 0.29) is 0 Å². The Morgan fingerprint density at radius 1 is 1.29 bits per heavy atom. The van der Waals surface area contributed by atoms with E-state index in [0.717, 1.165) is 5.92 Å². The normalized spacial score (nSPS) is 35.1. The summed E-state index contributed by atoms with van der Waals surface area (Å²) < 4.78 is 1.18. The highest BCUT2D eigenvalue weighted by atomic mass is 79.9. The van der Waals surface area contributed by atoms with Crippen molar-refractivity contribution in [3.8, 4) is 0 Å². The molecule has 2 fully saturated rings. The maximum atomic E-state index is 3.53. The van der Waals surface area contributed by atoms with Crippen LogP contribution in [0.5, 0.6) is 0 Å². The van der Waals surface area contributed by atoms with Crippen LogP contribution in [0.3, 0.4) is 0 Å². The molecule has 1 N–H and O–H groups in total. The van der Waals surface area contributed by atoms with E-state index in [1.54, 1.807) is 0 Å². The molecule has 1 saturated heterocycles. The molecule has 1 heterocycles. The van der Waals surface area contributed by atoms with Gasteiger partial charge in [0.05, 0.1) is 0 Å². The van der Waals surface area contributed by atoms with Gasteiger partial charge < -0.3 is 5.32 Å². The molecular formula is C12H14BrN. The SMILES string of the molecule is Brc1ccc([C@@]23CC[C@@H]2CNC3)cc1. The minimum Gasteiger partial charge on any atom is -0.316 e. The number of nitrogens with one attached hydrogen (secondary N) is 1. The second kappa shape index (κ2) is 3.07. The summed E-state index contributed by atoms with van der Waals surface area (Å²) in [5.74, 6) is 0.892. The third kappa shape index (κ3) is 1.10. The molecule has 1 aromatic carbocycles. The van der Waals surface area contributed by atoms with Gasteiger partial charge in [0.15, 0.2) is 0 Å². The summed E-state index contributed by atoms with van der Waals surface area (Å²) in [5.41, 5.74) is 2.02. The molecule has 0 aromatic heterocycles. The van der Waals surface area contributed by atoms with E-state index < -0.39 is 0 Å². The third-order valence-electron chi connectivity index (χ3n) is 3.97. The second-order valence-corrected chi connectivity index (χ2v) is 5.45. The van der Waals surface area contributed by atoms with Crippen molar-refractivity contribution in [1.29, 1.82) is 0 Å². The molecule has 2 aliphatic rings. The van der Waals surface area contributed by atoms with Crippen molar-refractivity contribution in [3.05, 3.63) is 34.3 Å². The molecule has 1 saturated carbocycles. The average Bonchev–Trinajstić information content (AvgIpc) is 2.45. The predicted octanol–water partition coefficient (Wildman–Crippen LogP) is 2.70. The molecule has 1 aliphatic heterocycles. The first-order valence-corrected chi connectivity index (χ1v) is 6.07. The fourth-order valence-corrected chi connectivity index (χ4v) is 3.22. The van der Waals surface area contributed by atoms with Crippen LogP contribution >= 0.6 is 15.9 Å². The van der Waals surface area contributed by atoms with Crippen molar-refractivity contribution in [1.82, 2.24) is 5.32 Å². The van der Waals surface area contributed by atoms with E-state index in [9.17, 15) is 0 Å². The molecule has 2 atom stereocenters. The number of benzene rings is 1. The Bertz CT molecular complexity index is 346. The van der Waals surface area contributed by atoms with Crippen LogP contribution in [0, 0.1) is 5.92 Å². The highest BCUT2D eigenvalue weighted by Crippen LogP contribution is 2.50. The van der Waals surface area contributed by atoms with Gasteiger partial charge in [0.1, 0.15) is 0 Å². The lowest BCUT2D eigenvalue weighted by molar-refractivity contribution is 0.182. The van der Waals surface area contributed by atoms with Gasteiger partial charge in [-0.25, -0.2) is 0 Å². The van der Waals surface area contributed by atoms with E-state index in [1.165, 1.54) is 36.0 Å². The van der Waals surface area contributed by atoms with Gasteiger partial charge in [-0.3, -0.25) is 0 Å². The van der Waals surface area contributed by atoms with Gasteiger partial charge in [-0.05, 0) is 43.0 Å². The van der Waals surface area contributed by atoms with E-state index in [1.807, 2.05) is 0 Å². The lowest BCUT2D eigenvalue weighted by atomic mass is 9.59. The smallest absolute Gasteiger partial charge is 0.0175 e. The first-order chi connectivity index (χ1) is 6.81.